The van der Waals surface area contributed by atoms with E-state index in [1.165, 1.54) is 0 Å². The molecule has 0 spiro atoms. The normalized spacial score (nSPS) is 28.1. The third kappa shape index (κ3) is 2.46. The summed E-state index contributed by atoms with van der Waals surface area (Å²) in [6.45, 7) is 0. The van der Waals surface area contributed by atoms with Gasteiger partial charge in [-0.15, -0.1) is 0 Å². The number of nitriles is 1. The fourth-order valence-electron chi connectivity index (χ4n) is 2.04. The molecule has 2 rings (SSSR count). The van der Waals surface area contributed by atoms with Gasteiger partial charge in [0.15, 0.2) is 0 Å². The number of rotatable bonds is 3. The maximum absolute atomic E-state index is 10.9. The first-order valence-electron chi connectivity index (χ1n) is 5.16. The Morgan fingerprint density at radius 3 is 2.71 bits per heavy atom. The SMILES string of the molecule is CS(=O)(=O)OC1CC(C#N)(c2ccccn2)C1. The second-order valence-corrected chi connectivity index (χ2v) is 5.84. The van der Waals surface area contributed by atoms with Crippen LogP contribution in [0.25, 0.3) is 0 Å². The molecule has 1 heterocycles. The van der Waals surface area contributed by atoms with E-state index < -0.39 is 21.6 Å². The number of hydrogen-bond acceptors (Lipinski definition) is 5. The third-order valence-corrected chi connectivity index (χ3v) is 3.45. The van der Waals surface area contributed by atoms with Crippen molar-refractivity contribution in [2.45, 2.75) is 24.4 Å². The molecule has 90 valence electrons. The number of hydrogen-bond donors (Lipinski definition) is 0. The van der Waals surface area contributed by atoms with E-state index >= 15 is 0 Å². The molecule has 1 aliphatic carbocycles. The zero-order chi connectivity index (χ0) is 12.5. The summed E-state index contributed by atoms with van der Waals surface area (Å²) in [6.07, 6.45) is 2.96. The molecule has 0 N–H and O–H groups in total. The van der Waals surface area contributed by atoms with Crippen molar-refractivity contribution in [3.63, 3.8) is 0 Å². The molecule has 0 aromatic carbocycles. The molecule has 1 aliphatic rings. The van der Waals surface area contributed by atoms with Crippen molar-refractivity contribution >= 4 is 10.1 Å². The molecule has 0 bridgehead atoms. The van der Waals surface area contributed by atoms with Gasteiger partial charge in [-0.2, -0.15) is 13.7 Å². The minimum atomic E-state index is -3.45. The first kappa shape index (κ1) is 12.0. The smallest absolute Gasteiger partial charge is 0.264 e. The van der Waals surface area contributed by atoms with E-state index in [9.17, 15) is 13.7 Å². The van der Waals surface area contributed by atoms with E-state index in [0.717, 1.165) is 6.26 Å². The lowest BCUT2D eigenvalue weighted by Crippen LogP contribution is -2.46. The summed E-state index contributed by atoms with van der Waals surface area (Å²) in [5.74, 6) is 0. The second-order valence-electron chi connectivity index (χ2n) is 4.24. The lowest BCUT2D eigenvalue weighted by atomic mass is 9.65. The largest absolute Gasteiger partial charge is 0.267 e. The van der Waals surface area contributed by atoms with Crippen molar-refractivity contribution in [3.8, 4) is 6.07 Å². The summed E-state index contributed by atoms with van der Waals surface area (Å²) in [5.41, 5.74) is -0.0211. The maximum atomic E-state index is 10.9. The molecule has 0 amide bonds. The molecule has 1 aromatic heterocycles. The molecule has 0 radical (unpaired) electrons. The van der Waals surface area contributed by atoms with Crippen molar-refractivity contribution in [3.05, 3.63) is 30.1 Å². The van der Waals surface area contributed by atoms with Crippen molar-refractivity contribution in [2.24, 2.45) is 0 Å². The van der Waals surface area contributed by atoms with E-state index in [1.54, 1.807) is 18.3 Å². The molecule has 1 fully saturated rings. The highest BCUT2D eigenvalue weighted by atomic mass is 32.2. The summed E-state index contributed by atoms with van der Waals surface area (Å²) in [5, 5.41) is 9.21. The fourth-order valence-corrected chi connectivity index (χ4v) is 2.67. The van der Waals surface area contributed by atoms with Crippen LogP contribution in [0.15, 0.2) is 24.4 Å². The van der Waals surface area contributed by atoms with E-state index in [0.29, 0.717) is 18.5 Å². The molecule has 0 aliphatic heterocycles. The zero-order valence-electron chi connectivity index (χ0n) is 9.33. The minimum Gasteiger partial charge on any atom is -0.267 e. The molecule has 6 heteroatoms. The molecule has 1 saturated carbocycles. The maximum Gasteiger partial charge on any atom is 0.264 e. The summed E-state index contributed by atoms with van der Waals surface area (Å²) < 4.78 is 26.7. The van der Waals surface area contributed by atoms with Crippen molar-refractivity contribution in [2.75, 3.05) is 6.26 Å². The third-order valence-electron chi connectivity index (χ3n) is 2.83. The molecule has 0 atom stereocenters. The average Bonchev–Trinajstić information content (AvgIpc) is 2.22. The van der Waals surface area contributed by atoms with Gasteiger partial charge in [0.25, 0.3) is 10.1 Å². The Hall–Kier alpha value is -1.45. The van der Waals surface area contributed by atoms with Crippen LogP contribution in [0.1, 0.15) is 18.5 Å². The molecular formula is C11H12N2O3S. The Morgan fingerprint density at radius 1 is 1.53 bits per heavy atom. The molecule has 17 heavy (non-hydrogen) atoms. The van der Waals surface area contributed by atoms with Crippen LogP contribution in [0.5, 0.6) is 0 Å². The Labute approximate surface area is 100 Å². The summed E-state index contributed by atoms with van der Waals surface area (Å²) in [6, 6.07) is 7.57. The van der Waals surface area contributed by atoms with Crippen molar-refractivity contribution in [1.29, 1.82) is 5.26 Å². The van der Waals surface area contributed by atoms with E-state index in [2.05, 4.69) is 11.1 Å². The van der Waals surface area contributed by atoms with Crippen LogP contribution in [0, 0.1) is 11.3 Å². The van der Waals surface area contributed by atoms with Crippen LogP contribution in [-0.2, 0) is 19.7 Å². The van der Waals surface area contributed by atoms with Crippen molar-refractivity contribution in [1.82, 2.24) is 4.98 Å². The van der Waals surface area contributed by atoms with Gasteiger partial charge in [0.05, 0.1) is 24.1 Å². The highest BCUT2D eigenvalue weighted by Crippen LogP contribution is 2.44. The quantitative estimate of drug-likeness (QED) is 0.749. The van der Waals surface area contributed by atoms with Gasteiger partial charge < -0.3 is 0 Å². The van der Waals surface area contributed by atoms with Crippen LogP contribution in [0.3, 0.4) is 0 Å². The van der Waals surface area contributed by atoms with Gasteiger partial charge in [0, 0.05) is 6.20 Å². The Bertz CT molecular complexity index is 542. The van der Waals surface area contributed by atoms with Crippen LogP contribution >= 0.6 is 0 Å². The predicted octanol–water partition coefficient (Wildman–Crippen LogP) is 0.982. The van der Waals surface area contributed by atoms with Gasteiger partial charge in [0.2, 0.25) is 0 Å². The summed E-state index contributed by atoms with van der Waals surface area (Å²) >= 11 is 0. The van der Waals surface area contributed by atoms with Gasteiger partial charge in [-0.25, -0.2) is 0 Å². The van der Waals surface area contributed by atoms with Gasteiger partial charge in [0.1, 0.15) is 5.41 Å². The van der Waals surface area contributed by atoms with Crippen LogP contribution < -0.4 is 0 Å². The average molecular weight is 252 g/mol. The Kier molecular flexibility index (Phi) is 2.89. The first-order chi connectivity index (χ1) is 7.95. The number of aromatic nitrogens is 1. The molecule has 5 nitrogen and oxygen atoms in total. The number of pyridine rings is 1. The van der Waals surface area contributed by atoms with Crippen LogP contribution in [-0.4, -0.2) is 25.8 Å². The first-order valence-corrected chi connectivity index (χ1v) is 6.98. The highest BCUT2D eigenvalue weighted by Gasteiger charge is 2.49. The molecule has 0 unspecified atom stereocenters. The monoisotopic (exact) mass is 252 g/mol. The Morgan fingerprint density at radius 2 is 2.24 bits per heavy atom. The topological polar surface area (TPSA) is 80.0 Å². The second kappa shape index (κ2) is 4.09. The zero-order valence-corrected chi connectivity index (χ0v) is 10.1. The lowest BCUT2D eigenvalue weighted by molar-refractivity contribution is 0.0718. The summed E-state index contributed by atoms with van der Waals surface area (Å²) in [7, 11) is -3.45. The molecule has 1 aromatic rings. The highest BCUT2D eigenvalue weighted by molar-refractivity contribution is 7.86. The predicted molar refractivity (Wildman–Crippen MR) is 60.5 cm³/mol. The van der Waals surface area contributed by atoms with Gasteiger partial charge in [-0.3, -0.25) is 9.17 Å². The fraction of sp³-hybridized carbons (Fsp3) is 0.455. The van der Waals surface area contributed by atoms with Crippen molar-refractivity contribution < 1.29 is 12.6 Å². The van der Waals surface area contributed by atoms with Gasteiger partial charge >= 0.3 is 0 Å². The van der Waals surface area contributed by atoms with Crippen LogP contribution in [0.4, 0.5) is 0 Å². The standard InChI is InChI=1S/C11H12N2O3S/c1-17(14,15)16-9-6-11(7-9,8-12)10-4-2-3-5-13-10/h2-5,9H,6-7H2,1H3. The lowest BCUT2D eigenvalue weighted by Gasteiger charge is -2.40. The number of nitrogens with zero attached hydrogens (tertiary/aromatic N) is 2. The van der Waals surface area contributed by atoms with E-state index in [1.807, 2.05) is 6.07 Å². The Balaban J connectivity index is 2.11. The minimum absolute atomic E-state index is 0.369. The van der Waals surface area contributed by atoms with Gasteiger partial charge in [-0.1, -0.05) is 6.07 Å². The van der Waals surface area contributed by atoms with Gasteiger partial charge in [-0.05, 0) is 25.0 Å². The molecular weight excluding hydrogens is 240 g/mol. The summed E-state index contributed by atoms with van der Waals surface area (Å²) in [4.78, 5) is 4.15. The van der Waals surface area contributed by atoms with E-state index in [4.69, 9.17) is 4.18 Å². The van der Waals surface area contributed by atoms with E-state index in [-0.39, 0.29) is 0 Å². The van der Waals surface area contributed by atoms with Crippen LogP contribution in [0.2, 0.25) is 0 Å². The molecule has 0 saturated heterocycles.